The van der Waals surface area contributed by atoms with Gasteiger partial charge in [-0.3, -0.25) is 14.6 Å². The molecule has 4 heteroatoms. The highest BCUT2D eigenvalue weighted by molar-refractivity contribution is 6.09. The number of carbonyl (C=O) groups excluding carboxylic acids is 2. The number of rotatable bonds is 5. The number of carbonyl (C=O) groups is 2. The number of aromatic nitrogens is 1. The first-order valence-corrected chi connectivity index (χ1v) is 5.73. The molecule has 0 radical (unpaired) electrons. The molecule has 0 saturated heterocycles. The number of Topliss-reactive ketones (excluding diaryl/α,β-unsaturated/α-hetero) is 1. The molecule has 1 aromatic heterocycles. The lowest BCUT2D eigenvalue weighted by atomic mass is 9.94. The van der Waals surface area contributed by atoms with Gasteiger partial charge in [-0.15, -0.1) is 0 Å². The summed E-state index contributed by atoms with van der Waals surface area (Å²) in [7, 11) is 0. The van der Waals surface area contributed by atoms with Gasteiger partial charge in [0.25, 0.3) is 0 Å². The first kappa shape index (κ1) is 13.4. The zero-order valence-electron chi connectivity index (χ0n) is 10.4. The molecule has 1 unspecified atom stereocenters. The van der Waals surface area contributed by atoms with Crippen molar-refractivity contribution < 1.29 is 14.3 Å². The zero-order valence-corrected chi connectivity index (χ0v) is 10.4. The van der Waals surface area contributed by atoms with Crippen LogP contribution in [0.15, 0.2) is 18.5 Å². The average Bonchev–Trinajstić information content (AvgIpc) is 2.30. The highest BCUT2D eigenvalue weighted by Gasteiger charge is 2.28. The van der Waals surface area contributed by atoms with E-state index in [9.17, 15) is 9.59 Å². The van der Waals surface area contributed by atoms with Gasteiger partial charge in [0.2, 0.25) is 0 Å². The molecule has 1 rings (SSSR count). The second kappa shape index (κ2) is 6.13. The number of nitrogens with zero attached hydrogens (tertiary/aromatic N) is 1. The summed E-state index contributed by atoms with van der Waals surface area (Å²) in [6.45, 7) is 5.64. The van der Waals surface area contributed by atoms with Crippen molar-refractivity contribution in [3.8, 4) is 0 Å². The van der Waals surface area contributed by atoms with Gasteiger partial charge in [0.1, 0.15) is 5.92 Å². The van der Waals surface area contributed by atoms with Crippen molar-refractivity contribution in [3.05, 3.63) is 29.6 Å². The summed E-state index contributed by atoms with van der Waals surface area (Å²) in [5, 5.41) is 0. The third-order valence-electron chi connectivity index (χ3n) is 2.60. The first-order chi connectivity index (χ1) is 8.11. The summed E-state index contributed by atoms with van der Waals surface area (Å²) in [5.74, 6) is -1.39. The highest BCUT2D eigenvalue weighted by atomic mass is 16.5. The predicted molar refractivity (Wildman–Crippen MR) is 63.7 cm³/mol. The van der Waals surface area contributed by atoms with Crippen molar-refractivity contribution in [2.45, 2.75) is 27.2 Å². The van der Waals surface area contributed by atoms with Crippen LogP contribution in [-0.2, 0) is 9.53 Å². The lowest BCUT2D eigenvalue weighted by molar-refractivity contribution is -0.146. The molecule has 17 heavy (non-hydrogen) atoms. The van der Waals surface area contributed by atoms with Gasteiger partial charge in [0, 0.05) is 18.0 Å². The SMILES string of the molecule is CCOC(=O)C(CC)C(=O)c1cnccc1C. The van der Waals surface area contributed by atoms with Gasteiger partial charge >= 0.3 is 5.97 Å². The third-order valence-corrected chi connectivity index (χ3v) is 2.60. The van der Waals surface area contributed by atoms with Crippen LogP contribution in [0.3, 0.4) is 0 Å². The van der Waals surface area contributed by atoms with Crippen molar-refractivity contribution >= 4 is 11.8 Å². The quantitative estimate of drug-likeness (QED) is 0.446. The van der Waals surface area contributed by atoms with Crippen LogP contribution in [-0.4, -0.2) is 23.3 Å². The summed E-state index contributed by atoms with van der Waals surface area (Å²) in [5.41, 5.74) is 1.32. The molecule has 0 aromatic carbocycles. The molecule has 0 N–H and O–H groups in total. The number of ether oxygens (including phenoxy) is 1. The Morgan fingerprint density at radius 1 is 1.41 bits per heavy atom. The second-order valence-electron chi connectivity index (χ2n) is 3.77. The fraction of sp³-hybridized carbons (Fsp3) is 0.462. The van der Waals surface area contributed by atoms with E-state index >= 15 is 0 Å². The molecule has 0 aliphatic rings. The third kappa shape index (κ3) is 3.12. The molecular weight excluding hydrogens is 218 g/mol. The lowest BCUT2D eigenvalue weighted by Crippen LogP contribution is -2.26. The monoisotopic (exact) mass is 235 g/mol. The molecule has 0 bridgehead atoms. The number of hydrogen-bond acceptors (Lipinski definition) is 4. The van der Waals surface area contributed by atoms with E-state index in [-0.39, 0.29) is 12.4 Å². The summed E-state index contributed by atoms with van der Waals surface area (Å²) >= 11 is 0. The molecule has 0 spiro atoms. The Morgan fingerprint density at radius 3 is 2.65 bits per heavy atom. The van der Waals surface area contributed by atoms with Crippen LogP contribution < -0.4 is 0 Å². The Hall–Kier alpha value is -1.71. The van der Waals surface area contributed by atoms with Gasteiger partial charge in [-0.25, -0.2) is 0 Å². The minimum absolute atomic E-state index is 0.212. The second-order valence-corrected chi connectivity index (χ2v) is 3.77. The van der Waals surface area contributed by atoms with Crippen molar-refractivity contribution in [3.63, 3.8) is 0 Å². The minimum atomic E-state index is -0.724. The largest absolute Gasteiger partial charge is 0.465 e. The Labute approximate surface area is 101 Å². The smallest absolute Gasteiger partial charge is 0.316 e. The fourth-order valence-corrected chi connectivity index (χ4v) is 1.61. The van der Waals surface area contributed by atoms with E-state index in [1.54, 1.807) is 26.1 Å². The van der Waals surface area contributed by atoms with Gasteiger partial charge < -0.3 is 4.74 Å². The van der Waals surface area contributed by atoms with Crippen molar-refractivity contribution in [2.24, 2.45) is 5.92 Å². The van der Waals surface area contributed by atoms with Crippen molar-refractivity contribution in [2.75, 3.05) is 6.61 Å². The molecule has 0 saturated carbocycles. The summed E-state index contributed by atoms with van der Waals surface area (Å²) < 4.78 is 4.90. The normalized spacial score (nSPS) is 11.9. The number of esters is 1. The molecule has 1 aromatic rings. The molecular formula is C13H17NO3. The summed E-state index contributed by atoms with van der Waals surface area (Å²) in [6, 6.07) is 1.76. The van der Waals surface area contributed by atoms with E-state index < -0.39 is 11.9 Å². The number of pyridine rings is 1. The summed E-state index contributed by atoms with van der Waals surface area (Å²) in [6.07, 6.45) is 3.56. The van der Waals surface area contributed by atoms with E-state index in [1.807, 2.05) is 6.92 Å². The van der Waals surface area contributed by atoms with Gasteiger partial charge in [0.05, 0.1) is 6.61 Å². The van der Waals surface area contributed by atoms with Crippen LogP contribution in [0, 0.1) is 12.8 Å². The van der Waals surface area contributed by atoms with Crippen LogP contribution in [0.25, 0.3) is 0 Å². The molecule has 92 valence electrons. The summed E-state index contributed by atoms with van der Waals surface area (Å²) in [4.78, 5) is 27.7. The predicted octanol–water partition coefficient (Wildman–Crippen LogP) is 2.16. The Bertz CT molecular complexity index is 415. The number of aryl methyl sites for hydroxylation is 1. The first-order valence-electron chi connectivity index (χ1n) is 5.73. The molecule has 0 amide bonds. The fourth-order valence-electron chi connectivity index (χ4n) is 1.61. The maximum absolute atomic E-state index is 12.2. The van der Waals surface area contributed by atoms with Gasteiger partial charge in [-0.05, 0) is 31.9 Å². The van der Waals surface area contributed by atoms with E-state index in [1.165, 1.54) is 6.20 Å². The topological polar surface area (TPSA) is 56.3 Å². The van der Waals surface area contributed by atoms with Crippen LogP contribution in [0.2, 0.25) is 0 Å². The maximum atomic E-state index is 12.2. The van der Waals surface area contributed by atoms with Gasteiger partial charge in [-0.1, -0.05) is 6.92 Å². The number of hydrogen-bond donors (Lipinski definition) is 0. The van der Waals surface area contributed by atoms with Crippen molar-refractivity contribution in [1.82, 2.24) is 4.98 Å². The van der Waals surface area contributed by atoms with E-state index in [4.69, 9.17) is 4.74 Å². The minimum Gasteiger partial charge on any atom is -0.465 e. The van der Waals surface area contributed by atoms with Crippen LogP contribution >= 0.6 is 0 Å². The Balaban J connectivity index is 2.94. The standard InChI is InChI=1S/C13H17NO3/c1-4-10(13(16)17-5-2)12(15)11-8-14-7-6-9(11)3/h6-8,10H,4-5H2,1-3H3. The van der Waals surface area contributed by atoms with Gasteiger partial charge in [-0.2, -0.15) is 0 Å². The van der Waals surface area contributed by atoms with E-state index in [0.29, 0.717) is 12.0 Å². The zero-order chi connectivity index (χ0) is 12.8. The van der Waals surface area contributed by atoms with Gasteiger partial charge in [0.15, 0.2) is 5.78 Å². The van der Waals surface area contributed by atoms with Crippen LogP contribution in [0.5, 0.6) is 0 Å². The molecule has 1 heterocycles. The van der Waals surface area contributed by atoms with E-state index in [0.717, 1.165) is 5.56 Å². The number of ketones is 1. The van der Waals surface area contributed by atoms with Crippen LogP contribution in [0.4, 0.5) is 0 Å². The maximum Gasteiger partial charge on any atom is 0.316 e. The Morgan fingerprint density at radius 2 is 2.12 bits per heavy atom. The Kier molecular flexibility index (Phi) is 4.82. The van der Waals surface area contributed by atoms with Crippen molar-refractivity contribution in [1.29, 1.82) is 0 Å². The van der Waals surface area contributed by atoms with E-state index in [2.05, 4.69) is 4.98 Å². The molecule has 0 fully saturated rings. The molecule has 1 atom stereocenters. The molecule has 4 nitrogen and oxygen atoms in total. The molecule has 0 aliphatic carbocycles. The lowest BCUT2D eigenvalue weighted by Gasteiger charge is -2.13. The average molecular weight is 235 g/mol. The van der Waals surface area contributed by atoms with Crippen LogP contribution in [0.1, 0.15) is 36.2 Å². The molecule has 0 aliphatic heterocycles. The highest BCUT2D eigenvalue weighted by Crippen LogP contribution is 2.16.